The third-order valence-electron chi connectivity index (χ3n) is 8.02. The van der Waals surface area contributed by atoms with Crippen LogP contribution in [0.2, 0.25) is 5.02 Å². The largest absolute Gasteiger partial charge is 0.479 e. The Morgan fingerprint density at radius 1 is 1.03 bits per heavy atom. The van der Waals surface area contributed by atoms with Crippen molar-refractivity contribution in [3.8, 4) is 16.9 Å². The van der Waals surface area contributed by atoms with Gasteiger partial charge in [0.05, 0.1) is 5.60 Å². The van der Waals surface area contributed by atoms with Gasteiger partial charge in [-0.05, 0) is 59.0 Å². The van der Waals surface area contributed by atoms with Crippen molar-refractivity contribution >= 4 is 39.3 Å². The number of carbonyl (C=O) groups is 1. The summed E-state index contributed by atoms with van der Waals surface area (Å²) in [4.78, 5) is 23.0. The summed E-state index contributed by atoms with van der Waals surface area (Å²) in [6.07, 6.45) is 4.42. The number of fused-ring (bicyclic) bond motifs is 3. The van der Waals surface area contributed by atoms with E-state index in [2.05, 4.69) is 28.2 Å². The highest BCUT2D eigenvalue weighted by Gasteiger charge is 2.40. The number of likely N-dealkylation sites (tertiary alicyclic amines) is 1. The van der Waals surface area contributed by atoms with Crippen LogP contribution < -0.4 is 4.74 Å². The molecule has 38 heavy (non-hydrogen) atoms. The average molecular weight is 524 g/mol. The third kappa shape index (κ3) is 3.75. The molecule has 1 unspecified atom stereocenters. The highest BCUT2D eigenvalue weighted by atomic mass is 35.5. The number of piperidine rings is 1. The molecule has 6 nitrogen and oxygen atoms in total. The van der Waals surface area contributed by atoms with E-state index in [1.54, 1.807) is 6.20 Å². The Hall–Kier alpha value is -3.87. The van der Waals surface area contributed by atoms with E-state index in [0.29, 0.717) is 43.1 Å². The lowest BCUT2D eigenvalue weighted by molar-refractivity contribution is -0.142. The van der Waals surface area contributed by atoms with Crippen LogP contribution in [0.1, 0.15) is 24.0 Å². The standard InChI is InChI=1S/C31H26ClN3O3/c32-21-16-20-17-27(38-28(20)25(18-21)23-8-12-33-29-24(23)9-13-34-29)30(36)35-14-10-31(37,11-15-35)26-7-3-5-19-4-1-2-6-22(19)26/h1-9,12-13,16,18,27,37H,10-11,14-15,17H2,(H,33,34). The molecule has 7 rings (SSSR count). The number of pyridine rings is 1. The van der Waals surface area contributed by atoms with Crippen molar-refractivity contribution in [3.63, 3.8) is 0 Å². The van der Waals surface area contributed by atoms with E-state index in [-0.39, 0.29) is 5.91 Å². The molecule has 0 radical (unpaired) electrons. The summed E-state index contributed by atoms with van der Waals surface area (Å²) in [5.74, 6) is 0.649. The zero-order valence-electron chi connectivity index (χ0n) is 20.7. The van der Waals surface area contributed by atoms with Crippen molar-refractivity contribution in [1.29, 1.82) is 0 Å². The van der Waals surface area contributed by atoms with Crippen molar-refractivity contribution in [2.75, 3.05) is 13.1 Å². The molecule has 2 N–H and O–H groups in total. The number of H-pyrrole nitrogens is 1. The van der Waals surface area contributed by atoms with Gasteiger partial charge in [-0.3, -0.25) is 4.79 Å². The first-order valence-electron chi connectivity index (χ1n) is 12.9. The Kier molecular flexibility index (Phi) is 5.42. The average Bonchev–Trinajstić information content (AvgIpc) is 3.59. The van der Waals surface area contributed by atoms with Crippen LogP contribution in [-0.2, 0) is 16.8 Å². The second-order valence-corrected chi connectivity index (χ2v) is 10.7. The van der Waals surface area contributed by atoms with E-state index in [1.807, 2.05) is 59.6 Å². The number of aromatic amines is 1. The number of hydrogen-bond donors (Lipinski definition) is 2. The maximum atomic E-state index is 13.6. The molecule has 2 aliphatic rings. The zero-order valence-corrected chi connectivity index (χ0v) is 21.4. The van der Waals surface area contributed by atoms with Gasteiger partial charge in [0.1, 0.15) is 11.4 Å². The molecule has 5 aromatic rings. The minimum absolute atomic E-state index is 0.0511. The summed E-state index contributed by atoms with van der Waals surface area (Å²) in [5, 5.41) is 15.4. The zero-order chi connectivity index (χ0) is 25.9. The van der Waals surface area contributed by atoms with Crippen LogP contribution in [0, 0.1) is 0 Å². The lowest BCUT2D eigenvalue weighted by Gasteiger charge is -2.39. The minimum Gasteiger partial charge on any atom is -0.479 e. The maximum Gasteiger partial charge on any atom is 0.263 e. The van der Waals surface area contributed by atoms with Crippen molar-refractivity contribution in [2.45, 2.75) is 31.0 Å². The quantitative estimate of drug-likeness (QED) is 0.311. The summed E-state index contributed by atoms with van der Waals surface area (Å²) in [7, 11) is 0. The molecule has 2 aliphatic heterocycles. The fraction of sp³-hybridized carbons (Fsp3) is 0.226. The fourth-order valence-electron chi connectivity index (χ4n) is 6.06. The molecule has 1 fully saturated rings. The molecular weight excluding hydrogens is 498 g/mol. The highest BCUT2D eigenvalue weighted by molar-refractivity contribution is 6.31. The summed E-state index contributed by atoms with van der Waals surface area (Å²) in [6, 6.07) is 21.9. The Labute approximate surface area is 224 Å². The van der Waals surface area contributed by atoms with Crippen LogP contribution in [0.25, 0.3) is 32.9 Å². The van der Waals surface area contributed by atoms with Gasteiger partial charge in [-0.15, -0.1) is 0 Å². The molecule has 0 aliphatic carbocycles. The van der Waals surface area contributed by atoms with E-state index >= 15 is 0 Å². The van der Waals surface area contributed by atoms with Crippen LogP contribution >= 0.6 is 11.6 Å². The van der Waals surface area contributed by atoms with Crippen LogP contribution in [0.3, 0.4) is 0 Å². The van der Waals surface area contributed by atoms with Gasteiger partial charge < -0.3 is 19.7 Å². The molecule has 1 atom stereocenters. The van der Waals surface area contributed by atoms with Crippen molar-refractivity contribution < 1.29 is 14.6 Å². The van der Waals surface area contributed by atoms with Gasteiger partial charge >= 0.3 is 0 Å². The number of rotatable bonds is 3. The first kappa shape index (κ1) is 23.3. The van der Waals surface area contributed by atoms with Crippen LogP contribution in [0.5, 0.6) is 5.75 Å². The van der Waals surface area contributed by atoms with Gasteiger partial charge in [0.25, 0.3) is 5.91 Å². The van der Waals surface area contributed by atoms with Crippen molar-refractivity contribution in [1.82, 2.24) is 14.9 Å². The maximum absolute atomic E-state index is 13.6. The Morgan fingerprint density at radius 3 is 2.71 bits per heavy atom. The second-order valence-electron chi connectivity index (χ2n) is 10.2. The molecule has 0 bridgehead atoms. The third-order valence-corrected chi connectivity index (χ3v) is 8.23. The first-order chi connectivity index (χ1) is 18.5. The fourth-order valence-corrected chi connectivity index (χ4v) is 6.30. The number of aliphatic hydroxyl groups is 1. The topological polar surface area (TPSA) is 78.5 Å². The molecule has 3 aromatic carbocycles. The van der Waals surface area contributed by atoms with Crippen molar-refractivity contribution in [3.05, 3.63) is 95.3 Å². The van der Waals surface area contributed by atoms with Gasteiger partial charge in [-0.25, -0.2) is 4.98 Å². The summed E-state index contributed by atoms with van der Waals surface area (Å²) >= 11 is 6.51. The SMILES string of the molecule is O=C(C1Cc2cc(Cl)cc(-c3ccnc4[nH]ccc34)c2O1)N1CCC(O)(c2cccc3ccccc23)CC1. The molecular formula is C31H26ClN3O3. The number of aromatic nitrogens is 2. The van der Waals surface area contributed by atoms with E-state index in [1.165, 1.54) is 0 Å². The Balaban J connectivity index is 1.12. The van der Waals surface area contributed by atoms with Gasteiger partial charge in [-0.2, -0.15) is 0 Å². The first-order valence-corrected chi connectivity index (χ1v) is 13.3. The van der Waals surface area contributed by atoms with Gasteiger partial charge in [0.2, 0.25) is 0 Å². The summed E-state index contributed by atoms with van der Waals surface area (Å²) in [5.41, 5.74) is 3.49. The number of nitrogens with zero attached hydrogens (tertiary/aromatic N) is 2. The van der Waals surface area contributed by atoms with Gasteiger partial charge in [0, 0.05) is 53.4 Å². The Bertz CT molecular complexity index is 1700. The number of nitrogens with one attached hydrogen (secondary N) is 1. The number of hydrogen-bond acceptors (Lipinski definition) is 4. The normalized spacial score (nSPS) is 18.5. The minimum atomic E-state index is -0.971. The number of carbonyl (C=O) groups excluding carboxylic acids is 1. The summed E-state index contributed by atoms with van der Waals surface area (Å²) in [6.45, 7) is 0.938. The molecule has 1 saturated heterocycles. The van der Waals surface area contributed by atoms with Crippen LogP contribution in [0.4, 0.5) is 0 Å². The van der Waals surface area contributed by atoms with Crippen LogP contribution in [-0.4, -0.2) is 45.1 Å². The predicted octanol–water partition coefficient (Wildman–Crippen LogP) is 5.85. The second kappa shape index (κ2) is 8.86. The van der Waals surface area contributed by atoms with Crippen molar-refractivity contribution in [2.24, 2.45) is 0 Å². The molecule has 0 spiro atoms. The molecule has 2 aromatic heterocycles. The number of benzene rings is 3. The number of ether oxygens (including phenoxy) is 1. The van der Waals surface area contributed by atoms with Crippen LogP contribution in [0.15, 0.2) is 79.1 Å². The molecule has 190 valence electrons. The predicted molar refractivity (Wildman–Crippen MR) is 148 cm³/mol. The number of halogens is 1. The highest BCUT2D eigenvalue weighted by Crippen LogP contribution is 2.44. The smallest absolute Gasteiger partial charge is 0.263 e. The molecule has 7 heteroatoms. The van der Waals surface area contributed by atoms with Gasteiger partial charge in [0.15, 0.2) is 6.10 Å². The number of amides is 1. The molecule has 0 saturated carbocycles. The van der Waals surface area contributed by atoms with E-state index < -0.39 is 11.7 Å². The lowest BCUT2D eigenvalue weighted by Crippen LogP contribution is -2.49. The Morgan fingerprint density at radius 2 is 1.84 bits per heavy atom. The molecule has 1 amide bonds. The monoisotopic (exact) mass is 523 g/mol. The molecule has 4 heterocycles. The summed E-state index contributed by atoms with van der Waals surface area (Å²) < 4.78 is 6.34. The van der Waals surface area contributed by atoms with Gasteiger partial charge in [-0.1, -0.05) is 54.1 Å². The van der Waals surface area contributed by atoms with E-state index in [9.17, 15) is 9.90 Å². The lowest BCUT2D eigenvalue weighted by atomic mass is 9.82. The van der Waals surface area contributed by atoms with E-state index in [4.69, 9.17) is 16.3 Å². The van der Waals surface area contributed by atoms with E-state index in [0.717, 1.165) is 44.1 Å².